The normalized spacial score (nSPS) is 15.5. The third-order valence-electron chi connectivity index (χ3n) is 4.40. The van der Waals surface area contributed by atoms with E-state index in [9.17, 15) is 0 Å². The second-order valence-electron chi connectivity index (χ2n) is 5.90. The van der Waals surface area contributed by atoms with Crippen LogP contribution >= 0.6 is 0 Å². The van der Waals surface area contributed by atoms with Crippen molar-refractivity contribution in [3.8, 4) is 6.07 Å². The molecule has 24 heavy (non-hydrogen) atoms. The van der Waals surface area contributed by atoms with Crippen molar-refractivity contribution in [1.82, 2.24) is 15.0 Å². The molecule has 0 aliphatic carbocycles. The smallest absolute Gasteiger partial charge is 0.167 e. The SMILES string of the molecule is N#Cc1ccnc(N2CCN(Cc3noc4ccccc34)CC2)c1. The summed E-state index contributed by atoms with van der Waals surface area (Å²) in [5.41, 5.74) is 2.48. The minimum absolute atomic E-state index is 0.650. The van der Waals surface area contributed by atoms with E-state index in [-0.39, 0.29) is 0 Å². The zero-order valence-electron chi connectivity index (χ0n) is 13.2. The third kappa shape index (κ3) is 2.82. The molecule has 2 aromatic heterocycles. The van der Waals surface area contributed by atoms with Gasteiger partial charge in [0, 0.05) is 44.3 Å². The summed E-state index contributed by atoms with van der Waals surface area (Å²) in [6.45, 7) is 4.42. The molecule has 1 aliphatic rings. The number of anilines is 1. The molecular weight excluding hydrogens is 302 g/mol. The van der Waals surface area contributed by atoms with Gasteiger partial charge in [-0.25, -0.2) is 4.98 Å². The number of aromatic nitrogens is 2. The van der Waals surface area contributed by atoms with Crippen LogP contribution in [-0.2, 0) is 6.54 Å². The largest absolute Gasteiger partial charge is 0.356 e. The van der Waals surface area contributed by atoms with Crippen LogP contribution in [0.4, 0.5) is 5.82 Å². The van der Waals surface area contributed by atoms with Crippen LogP contribution in [-0.4, -0.2) is 41.2 Å². The highest BCUT2D eigenvalue weighted by Gasteiger charge is 2.20. The number of nitrogens with zero attached hydrogens (tertiary/aromatic N) is 5. The predicted molar refractivity (Wildman–Crippen MR) is 90.5 cm³/mol. The summed E-state index contributed by atoms with van der Waals surface area (Å²) in [5, 5.41) is 14.3. The molecule has 6 heteroatoms. The Hall–Kier alpha value is -2.91. The number of benzene rings is 1. The Labute approximate surface area is 139 Å². The Kier molecular flexibility index (Phi) is 3.85. The van der Waals surface area contributed by atoms with Gasteiger partial charge in [0.1, 0.15) is 11.5 Å². The van der Waals surface area contributed by atoms with Gasteiger partial charge in [-0.05, 0) is 24.3 Å². The van der Waals surface area contributed by atoms with Gasteiger partial charge in [0.2, 0.25) is 0 Å². The summed E-state index contributed by atoms with van der Waals surface area (Å²) >= 11 is 0. The number of rotatable bonds is 3. The van der Waals surface area contributed by atoms with Crippen LogP contribution in [0.1, 0.15) is 11.3 Å². The maximum absolute atomic E-state index is 9.01. The fourth-order valence-corrected chi connectivity index (χ4v) is 3.06. The molecule has 0 spiro atoms. The van der Waals surface area contributed by atoms with E-state index in [1.54, 1.807) is 12.3 Å². The zero-order valence-corrected chi connectivity index (χ0v) is 13.2. The molecule has 0 amide bonds. The first-order chi connectivity index (χ1) is 11.8. The van der Waals surface area contributed by atoms with Crippen LogP contribution in [0.3, 0.4) is 0 Å². The molecular formula is C18H17N5O. The van der Waals surface area contributed by atoms with Gasteiger partial charge < -0.3 is 9.42 Å². The number of hydrogen-bond acceptors (Lipinski definition) is 6. The second-order valence-corrected chi connectivity index (χ2v) is 5.90. The topological polar surface area (TPSA) is 69.2 Å². The first kappa shape index (κ1) is 14.7. The monoisotopic (exact) mass is 319 g/mol. The van der Waals surface area contributed by atoms with Crippen molar-refractivity contribution < 1.29 is 4.52 Å². The Morgan fingerprint density at radius 1 is 1.12 bits per heavy atom. The fourth-order valence-electron chi connectivity index (χ4n) is 3.06. The highest BCUT2D eigenvalue weighted by Crippen LogP contribution is 2.21. The fraction of sp³-hybridized carbons (Fsp3) is 0.278. The van der Waals surface area contributed by atoms with Gasteiger partial charge in [0.15, 0.2) is 5.58 Å². The van der Waals surface area contributed by atoms with Gasteiger partial charge in [0.05, 0.1) is 11.6 Å². The minimum Gasteiger partial charge on any atom is -0.356 e. The molecule has 3 heterocycles. The highest BCUT2D eigenvalue weighted by molar-refractivity contribution is 5.79. The van der Waals surface area contributed by atoms with Crippen molar-refractivity contribution >= 4 is 16.8 Å². The van der Waals surface area contributed by atoms with Crippen molar-refractivity contribution in [1.29, 1.82) is 5.26 Å². The lowest BCUT2D eigenvalue weighted by Crippen LogP contribution is -2.46. The molecule has 1 saturated heterocycles. The quantitative estimate of drug-likeness (QED) is 0.738. The average molecular weight is 319 g/mol. The van der Waals surface area contributed by atoms with Gasteiger partial charge in [-0.2, -0.15) is 5.26 Å². The number of piperazine rings is 1. The van der Waals surface area contributed by atoms with Crippen molar-refractivity contribution in [3.63, 3.8) is 0 Å². The van der Waals surface area contributed by atoms with Crippen LogP contribution in [0.25, 0.3) is 11.0 Å². The lowest BCUT2D eigenvalue weighted by Gasteiger charge is -2.35. The molecule has 3 aromatic rings. The van der Waals surface area contributed by atoms with E-state index in [2.05, 4.69) is 32.1 Å². The molecule has 0 N–H and O–H groups in total. The first-order valence-corrected chi connectivity index (χ1v) is 8.00. The molecule has 6 nitrogen and oxygen atoms in total. The van der Waals surface area contributed by atoms with E-state index < -0.39 is 0 Å². The van der Waals surface area contributed by atoms with Crippen LogP contribution in [0, 0.1) is 11.3 Å². The van der Waals surface area contributed by atoms with Crippen molar-refractivity contribution in [2.75, 3.05) is 31.1 Å². The zero-order chi connectivity index (χ0) is 16.4. The maximum atomic E-state index is 9.01. The van der Waals surface area contributed by atoms with Crippen LogP contribution in [0.2, 0.25) is 0 Å². The average Bonchev–Trinajstić information content (AvgIpc) is 3.05. The van der Waals surface area contributed by atoms with E-state index in [1.165, 1.54) is 0 Å². The second kappa shape index (κ2) is 6.30. The van der Waals surface area contributed by atoms with E-state index in [1.807, 2.05) is 24.3 Å². The molecule has 4 rings (SSSR count). The third-order valence-corrected chi connectivity index (χ3v) is 4.40. The van der Waals surface area contributed by atoms with E-state index >= 15 is 0 Å². The Balaban J connectivity index is 1.42. The molecule has 0 saturated carbocycles. The lowest BCUT2D eigenvalue weighted by atomic mass is 10.2. The van der Waals surface area contributed by atoms with E-state index in [0.29, 0.717) is 5.56 Å². The number of para-hydroxylation sites is 1. The van der Waals surface area contributed by atoms with Gasteiger partial charge in [-0.15, -0.1) is 0 Å². The van der Waals surface area contributed by atoms with Crippen molar-refractivity contribution in [3.05, 3.63) is 53.9 Å². The van der Waals surface area contributed by atoms with Gasteiger partial charge >= 0.3 is 0 Å². The lowest BCUT2D eigenvalue weighted by molar-refractivity contribution is 0.243. The summed E-state index contributed by atoms with van der Waals surface area (Å²) in [4.78, 5) is 8.97. The first-order valence-electron chi connectivity index (χ1n) is 8.00. The Morgan fingerprint density at radius 2 is 1.96 bits per heavy atom. The Morgan fingerprint density at radius 3 is 2.79 bits per heavy atom. The number of nitriles is 1. The molecule has 1 aliphatic heterocycles. The molecule has 1 fully saturated rings. The predicted octanol–water partition coefficient (Wildman–Crippen LogP) is 2.42. The van der Waals surface area contributed by atoms with E-state index in [0.717, 1.165) is 55.2 Å². The summed E-state index contributed by atoms with van der Waals surface area (Å²) < 4.78 is 5.38. The molecule has 1 aromatic carbocycles. The molecule has 0 atom stereocenters. The van der Waals surface area contributed by atoms with Gasteiger partial charge in [-0.3, -0.25) is 4.90 Å². The van der Waals surface area contributed by atoms with Crippen LogP contribution < -0.4 is 4.90 Å². The van der Waals surface area contributed by atoms with Gasteiger partial charge in [-0.1, -0.05) is 17.3 Å². The van der Waals surface area contributed by atoms with Crippen LogP contribution in [0.15, 0.2) is 47.1 Å². The molecule has 120 valence electrons. The summed E-state index contributed by atoms with van der Waals surface area (Å²) in [5.74, 6) is 0.876. The van der Waals surface area contributed by atoms with Crippen molar-refractivity contribution in [2.24, 2.45) is 0 Å². The molecule has 0 unspecified atom stereocenters. The summed E-state index contributed by atoms with van der Waals surface area (Å²) in [6, 6.07) is 13.7. The van der Waals surface area contributed by atoms with E-state index in [4.69, 9.17) is 9.78 Å². The number of hydrogen-bond donors (Lipinski definition) is 0. The number of pyridine rings is 1. The number of fused-ring (bicyclic) bond motifs is 1. The molecule has 0 radical (unpaired) electrons. The highest BCUT2D eigenvalue weighted by atomic mass is 16.5. The Bertz CT molecular complexity index is 890. The van der Waals surface area contributed by atoms with Crippen molar-refractivity contribution in [2.45, 2.75) is 6.54 Å². The maximum Gasteiger partial charge on any atom is 0.167 e. The van der Waals surface area contributed by atoms with Gasteiger partial charge in [0.25, 0.3) is 0 Å². The minimum atomic E-state index is 0.650. The summed E-state index contributed by atoms with van der Waals surface area (Å²) in [7, 11) is 0. The standard InChI is InChI=1S/C18H17N5O/c19-12-14-5-6-20-18(11-14)23-9-7-22(8-10-23)13-16-15-3-1-2-4-17(15)24-21-16/h1-6,11H,7-10,13H2. The molecule has 0 bridgehead atoms. The summed E-state index contributed by atoms with van der Waals surface area (Å²) in [6.07, 6.45) is 1.70. The van der Waals surface area contributed by atoms with Crippen LogP contribution in [0.5, 0.6) is 0 Å².